The van der Waals surface area contributed by atoms with Crippen LogP contribution < -0.4 is 9.62 Å². The van der Waals surface area contributed by atoms with Gasteiger partial charge in [-0.1, -0.05) is 48.0 Å². The number of amides is 1. The van der Waals surface area contributed by atoms with Crippen LogP contribution in [-0.4, -0.2) is 20.9 Å². The van der Waals surface area contributed by atoms with E-state index in [2.05, 4.69) is 11.9 Å². The molecule has 0 saturated heterocycles. The highest BCUT2D eigenvalue weighted by Gasteiger charge is 2.24. The zero-order valence-corrected chi connectivity index (χ0v) is 16.9. The van der Waals surface area contributed by atoms with Gasteiger partial charge in [-0.25, -0.2) is 8.42 Å². The first-order valence-electron chi connectivity index (χ1n) is 9.08. The fourth-order valence-electron chi connectivity index (χ4n) is 2.82. The van der Waals surface area contributed by atoms with E-state index in [1.807, 2.05) is 25.1 Å². The zero-order valence-electron chi connectivity index (χ0n) is 16.1. The van der Waals surface area contributed by atoms with Gasteiger partial charge in [-0.3, -0.25) is 9.10 Å². The normalized spacial score (nSPS) is 10.9. The second-order valence-corrected chi connectivity index (χ2v) is 8.37. The Balaban J connectivity index is 1.91. The molecule has 0 aliphatic rings. The Labute approximate surface area is 171 Å². The van der Waals surface area contributed by atoms with Gasteiger partial charge in [-0.05, 0) is 49.4 Å². The summed E-state index contributed by atoms with van der Waals surface area (Å²) in [6.45, 7) is 5.74. The maximum Gasteiger partial charge on any atom is 0.264 e. The lowest BCUT2D eigenvalue weighted by atomic mass is 10.2. The van der Waals surface area contributed by atoms with E-state index in [9.17, 15) is 13.2 Å². The van der Waals surface area contributed by atoms with Crippen molar-refractivity contribution in [2.45, 2.75) is 11.8 Å². The second-order valence-electron chi connectivity index (χ2n) is 6.51. The molecular weight excluding hydrogens is 384 g/mol. The number of nitrogens with zero attached hydrogens (tertiary/aromatic N) is 1. The van der Waals surface area contributed by atoms with E-state index in [1.54, 1.807) is 48.5 Å². The molecule has 0 saturated carbocycles. The minimum Gasteiger partial charge on any atom is -0.322 e. The Hall–Kier alpha value is -3.38. The first-order chi connectivity index (χ1) is 13.9. The van der Waals surface area contributed by atoms with Gasteiger partial charge in [-0.2, -0.15) is 0 Å². The van der Waals surface area contributed by atoms with Crippen LogP contribution in [0, 0.1) is 6.92 Å². The monoisotopic (exact) mass is 406 g/mol. The summed E-state index contributed by atoms with van der Waals surface area (Å²) in [5.74, 6) is -0.374. The number of benzene rings is 3. The van der Waals surface area contributed by atoms with Crippen molar-refractivity contribution in [1.82, 2.24) is 0 Å². The SMILES string of the molecule is C=CCN(c1ccccc1)S(=O)(=O)c1cccc(C(=O)Nc2ccc(C)cc2)c1. The number of nitrogens with one attached hydrogen (secondary N) is 1. The maximum absolute atomic E-state index is 13.2. The number of carbonyl (C=O) groups excluding carboxylic acids is 1. The van der Waals surface area contributed by atoms with E-state index in [1.165, 1.54) is 22.5 Å². The molecule has 1 amide bonds. The Bertz CT molecular complexity index is 1110. The highest BCUT2D eigenvalue weighted by Crippen LogP contribution is 2.24. The molecule has 0 fully saturated rings. The molecule has 29 heavy (non-hydrogen) atoms. The Morgan fingerprint density at radius 2 is 1.69 bits per heavy atom. The van der Waals surface area contributed by atoms with Crippen molar-refractivity contribution >= 4 is 27.3 Å². The molecule has 0 heterocycles. The third-order valence-corrected chi connectivity index (χ3v) is 6.12. The largest absolute Gasteiger partial charge is 0.322 e. The van der Waals surface area contributed by atoms with Crippen molar-refractivity contribution in [3.8, 4) is 0 Å². The first kappa shape index (κ1) is 20.4. The van der Waals surface area contributed by atoms with E-state index in [0.29, 0.717) is 11.4 Å². The number of sulfonamides is 1. The first-order valence-corrected chi connectivity index (χ1v) is 10.5. The van der Waals surface area contributed by atoms with Gasteiger partial charge in [0.05, 0.1) is 17.1 Å². The number of hydrogen-bond donors (Lipinski definition) is 1. The molecule has 0 aliphatic heterocycles. The van der Waals surface area contributed by atoms with Crippen LogP contribution in [0.4, 0.5) is 11.4 Å². The average Bonchev–Trinajstić information content (AvgIpc) is 2.74. The highest BCUT2D eigenvalue weighted by atomic mass is 32.2. The summed E-state index contributed by atoms with van der Waals surface area (Å²) >= 11 is 0. The van der Waals surface area contributed by atoms with Crippen molar-refractivity contribution in [3.05, 3.63) is 103 Å². The fourth-order valence-corrected chi connectivity index (χ4v) is 4.30. The molecule has 0 aliphatic carbocycles. The predicted molar refractivity (Wildman–Crippen MR) is 117 cm³/mol. The van der Waals surface area contributed by atoms with Crippen LogP contribution in [0.5, 0.6) is 0 Å². The van der Waals surface area contributed by atoms with E-state index in [4.69, 9.17) is 0 Å². The second kappa shape index (κ2) is 8.75. The third kappa shape index (κ3) is 4.73. The van der Waals surface area contributed by atoms with Crippen LogP contribution in [0.1, 0.15) is 15.9 Å². The standard InChI is InChI=1S/C23H22N2O3S/c1-3-16-25(21-9-5-4-6-10-21)29(27,28)22-11-7-8-19(17-22)23(26)24-20-14-12-18(2)13-15-20/h3-15,17H,1,16H2,2H3,(H,24,26). The van der Waals surface area contributed by atoms with Crippen molar-refractivity contribution < 1.29 is 13.2 Å². The molecule has 0 unspecified atom stereocenters. The minimum atomic E-state index is -3.87. The molecule has 6 heteroatoms. The van der Waals surface area contributed by atoms with E-state index in [-0.39, 0.29) is 22.9 Å². The smallest absolute Gasteiger partial charge is 0.264 e. The number of aryl methyl sites for hydroxylation is 1. The molecule has 3 rings (SSSR count). The molecule has 148 valence electrons. The van der Waals surface area contributed by atoms with Crippen LogP contribution in [-0.2, 0) is 10.0 Å². The van der Waals surface area contributed by atoms with Crippen molar-refractivity contribution in [2.75, 3.05) is 16.2 Å². The summed E-state index contributed by atoms with van der Waals surface area (Å²) in [4.78, 5) is 12.6. The Morgan fingerprint density at radius 1 is 1.00 bits per heavy atom. The van der Waals surface area contributed by atoms with Gasteiger partial charge in [-0.15, -0.1) is 6.58 Å². The molecule has 3 aromatic carbocycles. The summed E-state index contributed by atoms with van der Waals surface area (Å²) in [5.41, 5.74) is 2.52. The number of para-hydroxylation sites is 1. The van der Waals surface area contributed by atoms with Gasteiger partial charge in [0.15, 0.2) is 0 Å². The van der Waals surface area contributed by atoms with E-state index < -0.39 is 10.0 Å². The number of carbonyl (C=O) groups is 1. The predicted octanol–water partition coefficient (Wildman–Crippen LogP) is 4.63. The maximum atomic E-state index is 13.2. The van der Waals surface area contributed by atoms with Gasteiger partial charge >= 0.3 is 0 Å². The molecule has 5 nitrogen and oxygen atoms in total. The minimum absolute atomic E-state index is 0.0414. The average molecular weight is 407 g/mol. The van der Waals surface area contributed by atoms with Crippen LogP contribution in [0.3, 0.4) is 0 Å². The number of hydrogen-bond acceptors (Lipinski definition) is 3. The topological polar surface area (TPSA) is 66.5 Å². The van der Waals surface area contributed by atoms with E-state index >= 15 is 0 Å². The summed E-state index contributed by atoms with van der Waals surface area (Å²) in [6.07, 6.45) is 1.53. The van der Waals surface area contributed by atoms with Crippen LogP contribution in [0.15, 0.2) is 96.4 Å². The lowest BCUT2D eigenvalue weighted by molar-refractivity contribution is 0.102. The molecule has 0 spiro atoms. The lowest BCUT2D eigenvalue weighted by Gasteiger charge is -2.23. The van der Waals surface area contributed by atoms with Crippen molar-refractivity contribution in [3.63, 3.8) is 0 Å². The summed E-state index contributed by atoms with van der Waals surface area (Å²) in [7, 11) is -3.87. The van der Waals surface area contributed by atoms with Gasteiger partial charge in [0.25, 0.3) is 15.9 Å². The summed E-state index contributed by atoms with van der Waals surface area (Å²) in [5, 5.41) is 2.79. The third-order valence-electron chi connectivity index (χ3n) is 4.33. The highest BCUT2D eigenvalue weighted by molar-refractivity contribution is 7.92. The molecule has 0 aromatic heterocycles. The summed E-state index contributed by atoms with van der Waals surface area (Å²) < 4.78 is 27.7. The molecule has 0 radical (unpaired) electrons. The fraction of sp³-hybridized carbons (Fsp3) is 0.0870. The van der Waals surface area contributed by atoms with Gasteiger partial charge in [0.1, 0.15) is 0 Å². The van der Waals surface area contributed by atoms with Crippen LogP contribution in [0.2, 0.25) is 0 Å². The summed E-state index contributed by atoms with van der Waals surface area (Å²) in [6, 6.07) is 22.2. The zero-order chi connectivity index (χ0) is 20.9. The van der Waals surface area contributed by atoms with Crippen LogP contribution in [0.25, 0.3) is 0 Å². The van der Waals surface area contributed by atoms with Crippen molar-refractivity contribution in [2.24, 2.45) is 0 Å². The molecule has 3 aromatic rings. The number of rotatable bonds is 7. The van der Waals surface area contributed by atoms with E-state index in [0.717, 1.165) is 5.56 Å². The molecule has 0 bridgehead atoms. The lowest BCUT2D eigenvalue weighted by Crippen LogP contribution is -2.31. The quantitative estimate of drug-likeness (QED) is 0.582. The van der Waals surface area contributed by atoms with Crippen molar-refractivity contribution in [1.29, 1.82) is 0 Å². The van der Waals surface area contributed by atoms with Crippen LogP contribution >= 0.6 is 0 Å². The number of anilines is 2. The molecule has 1 N–H and O–H groups in total. The van der Waals surface area contributed by atoms with Gasteiger partial charge in [0, 0.05) is 11.3 Å². The Kier molecular flexibility index (Phi) is 6.14. The van der Waals surface area contributed by atoms with Gasteiger partial charge < -0.3 is 5.32 Å². The molecular formula is C23H22N2O3S. The molecule has 0 atom stereocenters. The van der Waals surface area contributed by atoms with Gasteiger partial charge in [0.2, 0.25) is 0 Å². The Morgan fingerprint density at radius 3 is 2.34 bits per heavy atom.